The number of carbonyl (C=O) groups is 2. The van der Waals surface area contributed by atoms with Crippen LogP contribution in [0.3, 0.4) is 0 Å². The lowest BCUT2D eigenvalue weighted by atomic mass is 10.2. The number of hydrogen-bond donors (Lipinski definition) is 1. The molecule has 140 valence electrons. The van der Waals surface area contributed by atoms with Crippen LogP contribution < -0.4 is 10.1 Å². The van der Waals surface area contributed by atoms with E-state index in [1.54, 1.807) is 31.4 Å². The summed E-state index contributed by atoms with van der Waals surface area (Å²) in [5.41, 5.74) is 2.09. The van der Waals surface area contributed by atoms with E-state index in [0.717, 1.165) is 10.2 Å². The number of nitrogens with zero attached hydrogens (tertiary/aromatic N) is 2. The number of rotatable bonds is 5. The second-order valence-electron chi connectivity index (χ2n) is 5.82. The van der Waals surface area contributed by atoms with Crippen molar-refractivity contribution in [3.05, 3.63) is 57.9 Å². The van der Waals surface area contributed by atoms with Gasteiger partial charge >= 0.3 is 0 Å². The van der Waals surface area contributed by atoms with Gasteiger partial charge < -0.3 is 14.6 Å². The third-order valence-corrected chi connectivity index (χ3v) is 5.10. The minimum atomic E-state index is -0.341. The van der Waals surface area contributed by atoms with Crippen molar-refractivity contribution in [2.24, 2.45) is 4.99 Å². The highest BCUT2D eigenvalue weighted by Crippen LogP contribution is 2.22. The van der Waals surface area contributed by atoms with E-state index in [0.29, 0.717) is 34.2 Å². The molecular formula is C19H18ClN3O3S. The van der Waals surface area contributed by atoms with Gasteiger partial charge in [-0.15, -0.1) is 0 Å². The number of benzene rings is 2. The standard InChI is InChI=1S/C19H18ClN3O3S/c1-12(24)21-15-7-8-16-17(11-15)27-19(23(16)9-10-26-2)22-18(25)13-3-5-14(20)6-4-13/h3-8,11H,9-10H2,1-2H3,(H,21,24). The summed E-state index contributed by atoms with van der Waals surface area (Å²) in [5.74, 6) is -0.479. The summed E-state index contributed by atoms with van der Waals surface area (Å²) < 4.78 is 8.04. The average Bonchev–Trinajstić information content (AvgIpc) is 2.96. The highest BCUT2D eigenvalue weighted by molar-refractivity contribution is 7.16. The zero-order valence-corrected chi connectivity index (χ0v) is 16.4. The number of ether oxygens (including phenoxy) is 1. The van der Waals surface area contributed by atoms with E-state index >= 15 is 0 Å². The molecule has 3 rings (SSSR count). The van der Waals surface area contributed by atoms with Gasteiger partial charge in [0.1, 0.15) is 0 Å². The Morgan fingerprint density at radius 2 is 1.96 bits per heavy atom. The van der Waals surface area contributed by atoms with Gasteiger partial charge in [-0.05, 0) is 42.5 Å². The van der Waals surface area contributed by atoms with Gasteiger partial charge in [-0.2, -0.15) is 4.99 Å². The first kappa shape index (κ1) is 19.3. The molecule has 0 unspecified atom stereocenters. The summed E-state index contributed by atoms with van der Waals surface area (Å²) in [5, 5.41) is 3.33. The lowest BCUT2D eigenvalue weighted by Crippen LogP contribution is -2.19. The summed E-state index contributed by atoms with van der Waals surface area (Å²) in [6.07, 6.45) is 0. The molecule has 8 heteroatoms. The van der Waals surface area contributed by atoms with Crippen LogP contribution in [-0.2, 0) is 16.1 Å². The highest BCUT2D eigenvalue weighted by Gasteiger charge is 2.10. The predicted molar refractivity (Wildman–Crippen MR) is 107 cm³/mol. The summed E-state index contributed by atoms with van der Waals surface area (Å²) in [7, 11) is 1.62. The summed E-state index contributed by atoms with van der Waals surface area (Å²) >= 11 is 7.26. The van der Waals surface area contributed by atoms with Gasteiger partial charge in [0, 0.05) is 36.9 Å². The second-order valence-corrected chi connectivity index (χ2v) is 7.26. The Kier molecular flexibility index (Phi) is 6.05. The Morgan fingerprint density at radius 3 is 2.63 bits per heavy atom. The predicted octanol–water partition coefficient (Wildman–Crippen LogP) is 3.70. The van der Waals surface area contributed by atoms with Gasteiger partial charge in [0.25, 0.3) is 5.91 Å². The summed E-state index contributed by atoms with van der Waals surface area (Å²) in [4.78, 5) is 28.7. The maximum Gasteiger partial charge on any atom is 0.279 e. The molecule has 0 aliphatic heterocycles. The van der Waals surface area contributed by atoms with Crippen molar-refractivity contribution < 1.29 is 14.3 Å². The van der Waals surface area contributed by atoms with Crippen LogP contribution in [0.4, 0.5) is 5.69 Å². The Bertz CT molecular complexity index is 1050. The monoisotopic (exact) mass is 403 g/mol. The molecule has 0 radical (unpaired) electrons. The quantitative estimate of drug-likeness (QED) is 0.705. The van der Waals surface area contributed by atoms with E-state index in [1.807, 2.05) is 22.8 Å². The van der Waals surface area contributed by atoms with Gasteiger partial charge in [-0.1, -0.05) is 22.9 Å². The molecule has 27 heavy (non-hydrogen) atoms. The first-order chi connectivity index (χ1) is 13.0. The van der Waals surface area contributed by atoms with E-state index < -0.39 is 0 Å². The molecule has 1 aromatic heterocycles. The first-order valence-electron chi connectivity index (χ1n) is 8.22. The van der Waals surface area contributed by atoms with Crippen molar-refractivity contribution in [2.45, 2.75) is 13.5 Å². The number of fused-ring (bicyclic) bond motifs is 1. The van der Waals surface area contributed by atoms with Crippen molar-refractivity contribution in [1.29, 1.82) is 0 Å². The van der Waals surface area contributed by atoms with E-state index in [9.17, 15) is 9.59 Å². The summed E-state index contributed by atoms with van der Waals surface area (Å²) in [6.45, 7) is 2.51. The Balaban J connectivity index is 2.07. The van der Waals surface area contributed by atoms with Crippen LogP contribution in [0.15, 0.2) is 47.5 Å². The van der Waals surface area contributed by atoms with Gasteiger partial charge in [0.15, 0.2) is 4.80 Å². The molecular weight excluding hydrogens is 386 g/mol. The van der Waals surface area contributed by atoms with E-state index in [1.165, 1.54) is 18.3 Å². The number of carbonyl (C=O) groups excluding carboxylic acids is 2. The molecule has 3 aromatic rings. The number of thiazole rings is 1. The van der Waals surface area contributed by atoms with Crippen LogP contribution >= 0.6 is 22.9 Å². The fourth-order valence-electron chi connectivity index (χ4n) is 2.58. The highest BCUT2D eigenvalue weighted by atomic mass is 35.5. The maximum absolute atomic E-state index is 12.5. The van der Waals surface area contributed by atoms with Crippen LogP contribution in [0.1, 0.15) is 17.3 Å². The number of methoxy groups -OCH3 is 1. The van der Waals surface area contributed by atoms with Crippen molar-refractivity contribution >= 4 is 50.7 Å². The Labute approximate surface area is 165 Å². The van der Waals surface area contributed by atoms with Gasteiger partial charge in [-0.3, -0.25) is 9.59 Å². The van der Waals surface area contributed by atoms with Crippen LogP contribution in [0.25, 0.3) is 10.2 Å². The van der Waals surface area contributed by atoms with Gasteiger partial charge in [0.2, 0.25) is 5.91 Å². The molecule has 1 N–H and O–H groups in total. The molecule has 6 nitrogen and oxygen atoms in total. The molecule has 0 saturated heterocycles. The molecule has 0 saturated carbocycles. The van der Waals surface area contributed by atoms with Crippen molar-refractivity contribution in [1.82, 2.24) is 4.57 Å². The lowest BCUT2D eigenvalue weighted by molar-refractivity contribution is -0.114. The topological polar surface area (TPSA) is 72.7 Å². The van der Waals surface area contributed by atoms with E-state index in [-0.39, 0.29) is 11.8 Å². The largest absolute Gasteiger partial charge is 0.383 e. The SMILES string of the molecule is COCCn1c(=NC(=O)c2ccc(Cl)cc2)sc2cc(NC(C)=O)ccc21. The van der Waals surface area contributed by atoms with Crippen LogP contribution in [-0.4, -0.2) is 30.1 Å². The number of nitrogens with one attached hydrogen (secondary N) is 1. The second kappa shape index (κ2) is 8.47. The van der Waals surface area contributed by atoms with Crippen molar-refractivity contribution in [2.75, 3.05) is 19.0 Å². The van der Waals surface area contributed by atoms with E-state index in [4.69, 9.17) is 16.3 Å². The van der Waals surface area contributed by atoms with Crippen molar-refractivity contribution in [3.63, 3.8) is 0 Å². The number of aromatic nitrogens is 1. The average molecular weight is 404 g/mol. The Hall–Kier alpha value is -2.48. The molecule has 2 aromatic carbocycles. The van der Waals surface area contributed by atoms with E-state index in [2.05, 4.69) is 10.3 Å². The molecule has 0 atom stereocenters. The molecule has 0 aliphatic carbocycles. The van der Waals surface area contributed by atoms with Gasteiger partial charge in [0.05, 0.1) is 16.8 Å². The number of amides is 2. The van der Waals surface area contributed by atoms with Crippen LogP contribution in [0.5, 0.6) is 0 Å². The zero-order chi connectivity index (χ0) is 19.4. The Morgan fingerprint density at radius 1 is 1.22 bits per heavy atom. The van der Waals surface area contributed by atoms with Crippen molar-refractivity contribution in [3.8, 4) is 0 Å². The number of anilines is 1. The molecule has 0 spiro atoms. The summed E-state index contributed by atoms with van der Waals surface area (Å²) in [6, 6.07) is 12.2. The minimum absolute atomic E-state index is 0.138. The smallest absolute Gasteiger partial charge is 0.279 e. The van der Waals surface area contributed by atoms with Crippen LogP contribution in [0, 0.1) is 0 Å². The molecule has 0 fully saturated rings. The number of hydrogen-bond acceptors (Lipinski definition) is 4. The minimum Gasteiger partial charge on any atom is -0.383 e. The third kappa shape index (κ3) is 4.63. The molecule has 2 amide bonds. The third-order valence-electron chi connectivity index (χ3n) is 3.81. The zero-order valence-electron chi connectivity index (χ0n) is 14.9. The number of halogens is 1. The molecule has 0 aliphatic rings. The normalized spacial score (nSPS) is 11.7. The fraction of sp³-hybridized carbons (Fsp3) is 0.211. The van der Waals surface area contributed by atoms with Gasteiger partial charge in [-0.25, -0.2) is 0 Å². The first-order valence-corrected chi connectivity index (χ1v) is 9.42. The fourth-order valence-corrected chi connectivity index (χ4v) is 3.80. The lowest BCUT2D eigenvalue weighted by Gasteiger charge is -2.05. The molecule has 0 bridgehead atoms. The van der Waals surface area contributed by atoms with Crippen LogP contribution in [0.2, 0.25) is 5.02 Å². The maximum atomic E-state index is 12.5. The molecule has 1 heterocycles.